The number of piperazine rings is 2. The van der Waals surface area contributed by atoms with Crippen molar-refractivity contribution < 1.29 is 9.47 Å². The third kappa shape index (κ3) is 20.9. The molecule has 0 aromatic carbocycles. The highest BCUT2D eigenvalue weighted by Gasteiger charge is 2.26. The van der Waals surface area contributed by atoms with Gasteiger partial charge in [0.25, 0.3) is 0 Å². The third-order valence-corrected chi connectivity index (χ3v) is 12.5. The Kier molecular flexibility index (Phi) is 26.6. The molecule has 0 bridgehead atoms. The Morgan fingerprint density at radius 3 is 1.13 bits per heavy atom. The van der Waals surface area contributed by atoms with Crippen molar-refractivity contribution in [2.45, 2.75) is 145 Å². The molecule has 6 aliphatic rings. The van der Waals surface area contributed by atoms with Crippen molar-refractivity contribution >= 4 is 0 Å². The van der Waals surface area contributed by atoms with Crippen molar-refractivity contribution in [3.05, 3.63) is 0 Å². The van der Waals surface area contributed by atoms with E-state index in [0.29, 0.717) is 6.04 Å². The van der Waals surface area contributed by atoms with Gasteiger partial charge in [-0.2, -0.15) is 0 Å². The Morgan fingerprint density at radius 2 is 0.759 bits per heavy atom. The average molecular weight is 767 g/mol. The molecule has 0 N–H and O–H groups in total. The minimum absolute atomic E-state index is 0.689. The highest BCUT2D eigenvalue weighted by molar-refractivity contribution is 4.82. The van der Waals surface area contributed by atoms with Crippen LogP contribution < -0.4 is 0 Å². The number of hydrogen-bond donors (Lipinski definition) is 0. The zero-order chi connectivity index (χ0) is 39.9. The van der Waals surface area contributed by atoms with Gasteiger partial charge in [0.2, 0.25) is 0 Å². The van der Waals surface area contributed by atoms with Gasteiger partial charge in [-0.25, -0.2) is 0 Å². The van der Waals surface area contributed by atoms with Crippen LogP contribution in [0, 0.1) is 0 Å². The molecule has 0 amide bonds. The second kappa shape index (κ2) is 28.9. The molecule has 0 atom stereocenters. The lowest BCUT2D eigenvalue weighted by atomic mass is 10.0. The summed E-state index contributed by atoms with van der Waals surface area (Å²) in [5.74, 6) is 0. The van der Waals surface area contributed by atoms with E-state index in [1.54, 1.807) is 0 Å². The standard InChI is InChI=1S/C12H24N2O.C9H20N2.C8H18N2.C8H17N.C7H15NO/c1-11(2)13-5-3-12(4-6-13)14-7-9-15-10-8-14;1-4-10-5-7-11(8-6-10)9(2)3;1-8(2)10-6-4-9(3)5-7-10;1-8(2)9-6-4-3-5-7-9;1-7(2)8-3-5-9-6-4-8/h11-12H,3-10H2,1-2H3;9H,4-8H2,1-3H3;8H,4-7H2,1-3H3;8H,3-7H2,1-2H3;7H,3-6H2,1-2H3. The number of likely N-dealkylation sites (tertiary alicyclic amines) is 2. The van der Waals surface area contributed by atoms with Gasteiger partial charge in [0.05, 0.1) is 26.4 Å². The van der Waals surface area contributed by atoms with Crippen LogP contribution in [0.15, 0.2) is 0 Å². The van der Waals surface area contributed by atoms with Gasteiger partial charge in [0, 0.05) is 115 Å². The smallest absolute Gasteiger partial charge is 0.0594 e. The Morgan fingerprint density at radius 1 is 0.407 bits per heavy atom. The van der Waals surface area contributed by atoms with Crippen molar-refractivity contribution in [1.82, 2.24) is 39.2 Å². The summed E-state index contributed by atoms with van der Waals surface area (Å²) in [7, 11) is 2.19. The summed E-state index contributed by atoms with van der Waals surface area (Å²) < 4.78 is 10.6. The molecule has 0 aromatic heterocycles. The summed E-state index contributed by atoms with van der Waals surface area (Å²) in [6.07, 6.45) is 6.97. The van der Waals surface area contributed by atoms with Crippen molar-refractivity contribution in [1.29, 1.82) is 0 Å². The van der Waals surface area contributed by atoms with E-state index in [0.717, 1.165) is 82.8 Å². The molecule has 0 radical (unpaired) electrons. The highest BCUT2D eigenvalue weighted by atomic mass is 16.5. The van der Waals surface area contributed by atoms with Crippen molar-refractivity contribution in [3.63, 3.8) is 0 Å². The zero-order valence-electron chi connectivity index (χ0n) is 38.2. The van der Waals surface area contributed by atoms with Gasteiger partial charge in [0.15, 0.2) is 0 Å². The first-order valence-corrected chi connectivity index (χ1v) is 22.8. The van der Waals surface area contributed by atoms with E-state index in [1.165, 1.54) is 117 Å². The van der Waals surface area contributed by atoms with Gasteiger partial charge in [0.1, 0.15) is 0 Å². The van der Waals surface area contributed by atoms with E-state index in [9.17, 15) is 0 Å². The summed E-state index contributed by atoms with van der Waals surface area (Å²) in [4.78, 5) is 20.2. The minimum Gasteiger partial charge on any atom is -0.379 e. The maximum absolute atomic E-state index is 5.40. The molecule has 6 aliphatic heterocycles. The Balaban J connectivity index is 0.000000237. The molecular formula is C44H94N8O2. The molecule has 0 unspecified atom stereocenters. The first-order chi connectivity index (χ1) is 25.8. The minimum atomic E-state index is 0.689. The molecule has 6 rings (SSSR count). The van der Waals surface area contributed by atoms with Gasteiger partial charge in [-0.15, -0.1) is 0 Å². The first kappa shape index (κ1) is 49.7. The number of rotatable bonds is 7. The largest absolute Gasteiger partial charge is 0.379 e. The van der Waals surface area contributed by atoms with Gasteiger partial charge in [-0.3, -0.25) is 19.6 Å². The quantitative estimate of drug-likeness (QED) is 0.334. The van der Waals surface area contributed by atoms with Crippen LogP contribution >= 0.6 is 0 Å². The molecule has 0 aromatic rings. The lowest BCUT2D eigenvalue weighted by Gasteiger charge is -2.41. The zero-order valence-corrected chi connectivity index (χ0v) is 38.2. The summed E-state index contributed by atoms with van der Waals surface area (Å²) in [5, 5.41) is 0. The van der Waals surface area contributed by atoms with Crippen molar-refractivity contribution in [3.8, 4) is 0 Å². The highest BCUT2D eigenvalue weighted by Crippen LogP contribution is 2.19. The number of hydrogen-bond acceptors (Lipinski definition) is 10. The molecule has 6 heterocycles. The van der Waals surface area contributed by atoms with E-state index in [1.807, 2.05) is 0 Å². The molecule has 0 spiro atoms. The Hall–Kier alpha value is -0.400. The fraction of sp³-hybridized carbons (Fsp3) is 1.00. The van der Waals surface area contributed by atoms with Crippen LogP contribution in [0.5, 0.6) is 0 Å². The van der Waals surface area contributed by atoms with Crippen LogP contribution in [0.4, 0.5) is 0 Å². The van der Waals surface area contributed by atoms with E-state index < -0.39 is 0 Å². The van der Waals surface area contributed by atoms with Crippen LogP contribution in [-0.2, 0) is 9.47 Å². The molecule has 6 saturated heterocycles. The maximum atomic E-state index is 5.40. The van der Waals surface area contributed by atoms with E-state index in [2.05, 4.69) is 122 Å². The van der Waals surface area contributed by atoms with E-state index >= 15 is 0 Å². The van der Waals surface area contributed by atoms with Crippen LogP contribution in [0.2, 0.25) is 0 Å². The lowest BCUT2D eigenvalue weighted by Crippen LogP contribution is -2.50. The van der Waals surface area contributed by atoms with Crippen molar-refractivity contribution in [2.24, 2.45) is 0 Å². The Bertz CT molecular complexity index is 829. The van der Waals surface area contributed by atoms with Crippen LogP contribution in [0.3, 0.4) is 0 Å². The Labute approximate surface area is 337 Å². The average Bonchev–Trinajstić information content (AvgIpc) is 3.20. The molecule has 0 saturated carbocycles. The SMILES string of the molecule is CC(C)N1CCC(N2CCOCC2)CC1.CC(C)N1CCCCC1.CC(C)N1CCN(C)CC1.CC(C)N1CCOCC1.CCN1CCN(C(C)C)CC1. The molecule has 6 fully saturated rings. The topological polar surface area (TPSA) is 44.4 Å². The normalized spacial score (nSPS) is 24.4. The van der Waals surface area contributed by atoms with Gasteiger partial charge in [-0.05, 0) is 135 Å². The van der Waals surface area contributed by atoms with Gasteiger partial charge in [-0.1, -0.05) is 13.3 Å². The summed E-state index contributed by atoms with van der Waals surface area (Å²) >= 11 is 0. The summed E-state index contributed by atoms with van der Waals surface area (Å²) in [6, 6.07) is 4.46. The monoisotopic (exact) mass is 767 g/mol. The number of likely N-dealkylation sites (N-methyl/N-ethyl adjacent to an activating group) is 2. The predicted octanol–water partition coefficient (Wildman–Crippen LogP) is 5.47. The molecule has 0 aliphatic carbocycles. The number of ether oxygens (including phenoxy) is 2. The second-order valence-corrected chi connectivity index (χ2v) is 17.9. The number of nitrogens with zero attached hydrogens (tertiary/aromatic N) is 8. The second-order valence-electron chi connectivity index (χ2n) is 17.9. The predicted molar refractivity (Wildman–Crippen MR) is 233 cm³/mol. The van der Waals surface area contributed by atoms with E-state index in [4.69, 9.17) is 9.47 Å². The first-order valence-electron chi connectivity index (χ1n) is 22.8. The number of morpholine rings is 2. The van der Waals surface area contributed by atoms with E-state index in [-0.39, 0.29) is 0 Å². The van der Waals surface area contributed by atoms with Gasteiger partial charge >= 0.3 is 0 Å². The molecule has 10 heteroatoms. The summed E-state index contributed by atoms with van der Waals surface area (Å²) in [6.45, 7) is 49.6. The number of piperidine rings is 2. The van der Waals surface area contributed by atoms with Crippen molar-refractivity contribution in [2.75, 3.05) is 145 Å². The van der Waals surface area contributed by atoms with Gasteiger partial charge < -0.3 is 29.1 Å². The fourth-order valence-electron chi connectivity index (χ4n) is 8.17. The molecular weight excluding hydrogens is 673 g/mol. The molecule has 322 valence electrons. The molecule has 10 nitrogen and oxygen atoms in total. The molecule has 54 heavy (non-hydrogen) atoms. The third-order valence-electron chi connectivity index (χ3n) is 12.5. The fourth-order valence-corrected chi connectivity index (χ4v) is 8.17. The summed E-state index contributed by atoms with van der Waals surface area (Å²) in [5.41, 5.74) is 0. The maximum Gasteiger partial charge on any atom is 0.0594 e. The van der Waals surface area contributed by atoms with Crippen LogP contribution in [0.25, 0.3) is 0 Å². The van der Waals surface area contributed by atoms with Crippen LogP contribution in [-0.4, -0.2) is 220 Å². The lowest BCUT2D eigenvalue weighted by molar-refractivity contribution is -0.00175. The van der Waals surface area contributed by atoms with Crippen LogP contribution in [0.1, 0.15) is 108 Å².